The average molecular weight is 244 g/mol. The fourth-order valence-electron chi connectivity index (χ4n) is 1.37. The summed E-state index contributed by atoms with van der Waals surface area (Å²) in [5.41, 5.74) is 0.988. The van der Waals surface area contributed by atoms with Gasteiger partial charge in [0.1, 0.15) is 0 Å². The highest BCUT2D eigenvalue weighted by Gasteiger charge is 2.09. The molecular weight excluding hydrogens is 224 g/mol. The Morgan fingerprint density at radius 2 is 2.06 bits per heavy atom. The molecule has 3 heteroatoms. The normalized spacial score (nSPS) is 11.2. The molecule has 1 unspecified atom stereocenters. The van der Waals surface area contributed by atoms with Crippen LogP contribution in [0.5, 0.6) is 0 Å². The summed E-state index contributed by atoms with van der Waals surface area (Å²) in [6.07, 6.45) is 0.951. The van der Waals surface area contributed by atoms with Crippen molar-refractivity contribution in [1.82, 2.24) is 10.6 Å². The number of benzene rings is 1. The van der Waals surface area contributed by atoms with E-state index in [9.17, 15) is 4.79 Å². The largest absolute Gasteiger partial charge is 0.355 e. The van der Waals surface area contributed by atoms with Gasteiger partial charge in [-0.2, -0.15) is 0 Å². The molecule has 1 aromatic carbocycles. The van der Waals surface area contributed by atoms with Gasteiger partial charge in [-0.25, -0.2) is 0 Å². The first-order valence-electron chi connectivity index (χ1n) is 6.29. The van der Waals surface area contributed by atoms with Crippen molar-refractivity contribution in [1.29, 1.82) is 0 Å². The third-order valence-corrected chi connectivity index (χ3v) is 2.45. The van der Waals surface area contributed by atoms with E-state index in [0.29, 0.717) is 6.54 Å². The highest BCUT2D eigenvalue weighted by molar-refractivity contribution is 5.81. The Morgan fingerprint density at radius 3 is 2.72 bits per heavy atom. The zero-order chi connectivity index (χ0) is 13.2. The summed E-state index contributed by atoms with van der Waals surface area (Å²) < 4.78 is 0. The van der Waals surface area contributed by atoms with Crippen LogP contribution in [0.1, 0.15) is 25.8 Å². The molecule has 0 saturated carbocycles. The van der Waals surface area contributed by atoms with E-state index in [0.717, 1.165) is 18.5 Å². The molecule has 0 saturated heterocycles. The molecule has 3 nitrogen and oxygen atoms in total. The molecule has 96 valence electrons. The van der Waals surface area contributed by atoms with Crippen molar-refractivity contribution in [2.75, 3.05) is 13.1 Å². The molecule has 0 radical (unpaired) electrons. The first-order chi connectivity index (χ1) is 8.74. The molecule has 2 N–H and O–H groups in total. The van der Waals surface area contributed by atoms with Crippen LogP contribution in [0, 0.1) is 11.8 Å². The summed E-state index contributed by atoms with van der Waals surface area (Å²) in [4.78, 5) is 11.5. The van der Waals surface area contributed by atoms with E-state index in [1.165, 1.54) is 0 Å². The summed E-state index contributed by atoms with van der Waals surface area (Å²) >= 11 is 0. The van der Waals surface area contributed by atoms with Gasteiger partial charge < -0.3 is 5.32 Å². The summed E-state index contributed by atoms with van der Waals surface area (Å²) in [5, 5.41) is 5.92. The van der Waals surface area contributed by atoms with Crippen molar-refractivity contribution in [3.63, 3.8) is 0 Å². The Morgan fingerprint density at radius 1 is 1.33 bits per heavy atom. The summed E-state index contributed by atoms with van der Waals surface area (Å²) in [6.45, 7) is 5.11. The third-order valence-electron chi connectivity index (χ3n) is 2.45. The van der Waals surface area contributed by atoms with Crippen LogP contribution >= 0.6 is 0 Å². The first-order valence-corrected chi connectivity index (χ1v) is 6.29. The van der Waals surface area contributed by atoms with Gasteiger partial charge in [-0.15, -0.1) is 0 Å². The lowest BCUT2D eigenvalue weighted by atomic mass is 10.2. The van der Waals surface area contributed by atoms with Crippen molar-refractivity contribution in [3.05, 3.63) is 35.9 Å². The third kappa shape index (κ3) is 5.51. The van der Waals surface area contributed by atoms with E-state index in [1.807, 2.05) is 44.2 Å². The topological polar surface area (TPSA) is 41.1 Å². The van der Waals surface area contributed by atoms with Crippen LogP contribution in [-0.4, -0.2) is 25.0 Å². The summed E-state index contributed by atoms with van der Waals surface area (Å²) in [6, 6.07) is 9.59. The van der Waals surface area contributed by atoms with Gasteiger partial charge in [0.2, 0.25) is 5.91 Å². The molecule has 0 aliphatic rings. The first kappa shape index (κ1) is 14.3. The van der Waals surface area contributed by atoms with Gasteiger partial charge in [-0.1, -0.05) is 37.0 Å². The molecule has 18 heavy (non-hydrogen) atoms. The number of nitrogens with one attached hydrogen (secondary N) is 2. The van der Waals surface area contributed by atoms with Gasteiger partial charge in [0, 0.05) is 12.1 Å². The standard InChI is InChI=1S/C15H20N2O/c1-3-11-17-15(18)13(2)16-12-7-10-14-8-5-4-6-9-14/h4-6,8-9,13,16H,3,11-12H2,1-2H3,(H,17,18). The van der Waals surface area contributed by atoms with Crippen LogP contribution in [-0.2, 0) is 4.79 Å². The number of carbonyl (C=O) groups excluding carboxylic acids is 1. The molecule has 0 aliphatic heterocycles. The molecule has 0 aliphatic carbocycles. The Labute approximate surface area is 109 Å². The van der Waals surface area contributed by atoms with Crippen molar-refractivity contribution < 1.29 is 4.79 Å². The van der Waals surface area contributed by atoms with Crippen LogP contribution < -0.4 is 10.6 Å². The predicted molar refractivity (Wildman–Crippen MR) is 74.1 cm³/mol. The number of carbonyl (C=O) groups is 1. The quantitative estimate of drug-likeness (QED) is 0.771. The second-order valence-corrected chi connectivity index (χ2v) is 4.06. The van der Waals surface area contributed by atoms with Crippen LogP contribution in [0.15, 0.2) is 30.3 Å². The van der Waals surface area contributed by atoms with E-state index < -0.39 is 0 Å². The second-order valence-electron chi connectivity index (χ2n) is 4.06. The fourth-order valence-corrected chi connectivity index (χ4v) is 1.37. The van der Waals surface area contributed by atoms with Crippen molar-refractivity contribution in [3.8, 4) is 11.8 Å². The maximum atomic E-state index is 11.5. The monoisotopic (exact) mass is 244 g/mol. The molecule has 0 fully saturated rings. The van der Waals surface area contributed by atoms with E-state index in [4.69, 9.17) is 0 Å². The Hall–Kier alpha value is -1.79. The highest BCUT2D eigenvalue weighted by Crippen LogP contribution is 1.94. The Kier molecular flexibility index (Phi) is 6.60. The average Bonchev–Trinajstić information content (AvgIpc) is 2.41. The zero-order valence-corrected chi connectivity index (χ0v) is 11.0. The molecular formula is C15H20N2O. The van der Waals surface area contributed by atoms with Crippen LogP contribution in [0.4, 0.5) is 0 Å². The number of hydrogen-bond donors (Lipinski definition) is 2. The number of amides is 1. The minimum absolute atomic E-state index is 0.0263. The lowest BCUT2D eigenvalue weighted by Crippen LogP contribution is -2.42. The van der Waals surface area contributed by atoms with Crippen molar-refractivity contribution in [2.45, 2.75) is 26.3 Å². The smallest absolute Gasteiger partial charge is 0.236 e. The molecule has 1 atom stereocenters. The van der Waals surface area contributed by atoms with Crippen molar-refractivity contribution >= 4 is 5.91 Å². The lowest BCUT2D eigenvalue weighted by Gasteiger charge is -2.11. The van der Waals surface area contributed by atoms with E-state index in [1.54, 1.807) is 0 Å². The summed E-state index contributed by atoms with van der Waals surface area (Å²) in [5.74, 6) is 6.07. The molecule has 0 bridgehead atoms. The van der Waals surface area contributed by atoms with Gasteiger partial charge in [-0.05, 0) is 25.5 Å². The fraction of sp³-hybridized carbons (Fsp3) is 0.400. The van der Waals surface area contributed by atoms with Gasteiger partial charge in [0.25, 0.3) is 0 Å². The second kappa shape index (κ2) is 8.32. The van der Waals surface area contributed by atoms with Gasteiger partial charge in [0.15, 0.2) is 0 Å². The van der Waals surface area contributed by atoms with Crippen LogP contribution in [0.25, 0.3) is 0 Å². The SMILES string of the molecule is CCCNC(=O)C(C)NCC#Cc1ccccc1. The molecule has 1 aromatic rings. The zero-order valence-electron chi connectivity index (χ0n) is 11.0. The Bertz CT molecular complexity index is 417. The van der Waals surface area contributed by atoms with E-state index in [2.05, 4.69) is 22.5 Å². The maximum Gasteiger partial charge on any atom is 0.236 e. The number of hydrogen-bond acceptors (Lipinski definition) is 2. The van der Waals surface area contributed by atoms with Gasteiger partial charge in [-0.3, -0.25) is 10.1 Å². The Balaban J connectivity index is 2.29. The molecule has 1 rings (SSSR count). The maximum absolute atomic E-state index is 11.5. The van der Waals surface area contributed by atoms with Gasteiger partial charge >= 0.3 is 0 Å². The predicted octanol–water partition coefficient (Wildman–Crippen LogP) is 1.54. The van der Waals surface area contributed by atoms with Crippen LogP contribution in [0.3, 0.4) is 0 Å². The minimum Gasteiger partial charge on any atom is -0.355 e. The number of rotatable bonds is 5. The minimum atomic E-state index is -0.207. The van der Waals surface area contributed by atoms with Crippen molar-refractivity contribution in [2.24, 2.45) is 0 Å². The van der Waals surface area contributed by atoms with E-state index >= 15 is 0 Å². The molecule has 0 spiro atoms. The molecule has 0 aromatic heterocycles. The summed E-state index contributed by atoms with van der Waals surface area (Å²) in [7, 11) is 0. The molecule has 0 heterocycles. The van der Waals surface area contributed by atoms with Crippen LogP contribution in [0.2, 0.25) is 0 Å². The van der Waals surface area contributed by atoms with E-state index in [-0.39, 0.29) is 11.9 Å². The highest BCUT2D eigenvalue weighted by atomic mass is 16.2. The van der Waals surface area contributed by atoms with Gasteiger partial charge in [0.05, 0.1) is 12.6 Å². The lowest BCUT2D eigenvalue weighted by molar-refractivity contribution is -0.122. The molecule has 1 amide bonds.